The van der Waals surface area contributed by atoms with Crippen molar-refractivity contribution < 1.29 is 4.79 Å². The van der Waals surface area contributed by atoms with Crippen LogP contribution in [0.1, 0.15) is 5.01 Å². The zero-order valence-electron chi connectivity index (χ0n) is 9.46. The maximum Gasteiger partial charge on any atom is 0.321 e. The molecule has 1 aromatic heterocycles. The minimum absolute atomic E-state index is 0.133. The van der Waals surface area contributed by atoms with Gasteiger partial charge in [-0.2, -0.15) is 0 Å². The second kappa shape index (κ2) is 5.45. The van der Waals surface area contributed by atoms with Crippen LogP contribution in [0.2, 0.25) is 0 Å². The number of urea groups is 1. The van der Waals surface area contributed by atoms with Gasteiger partial charge in [0, 0.05) is 24.3 Å². The number of thiazole rings is 1. The summed E-state index contributed by atoms with van der Waals surface area (Å²) in [5.41, 5.74) is 0.795. The summed E-state index contributed by atoms with van der Waals surface area (Å²) in [6.45, 7) is 0.524. The number of rotatable bonds is 3. The number of aromatic nitrogens is 1. The standard InChI is InChI=1S/C12H13N3OS/c1-15(9-11-13-7-8-17-11)12(16)14-10-5-3-2-4-6-10/h2-8H,9H2,1H3,(H,14,16). The van der Waals surface area contributed by atoms with Gasteiger partial charge in [-0.1, -0.05) is 18.2 Å². The van der Waals surface area contributed by atoms with Crippen molar-refractivity contribution in [2.45, 2.75) is 6.54 Å². The summed E-state index contributed by atoms with van der Waals surface area (Å²) >= 11 is 1.54. The van der Waals surface area contributed by atoms with Crippen LogP contribution in [-0.4, -0.2) is 23.0 Å². The number of anilines is 1. The Kier molecular flexibility index (Phi) is 3.72. The largest absolute Gasteiger partial charge is 0.321 e. The summed E-state index contributed by atoms with van der Waals surface area (Å²) in [7, 11) is 1.75. The molecule has 1 N–H and O–H groups in total. The molecule has 1 heterocycles. The van der Waals surface area contributed by atoms with Crippen LogP contribution in [-0.2, 0) is 6.54 Å². The molecule has 5 heteroatoms. The molecule has 0 radical (unpaired) electrons. The fourth-order valence-electron chi connectivity index (χ4n) is 1.35. The van der Waals surface area contributed by atoms with E-state index in [9.17, 15) is 4.79 Å². The first kappa shape index (κ1) is 11.6. The molecule has 2 amide bonds. The highest BCUT2D eigenvalue weighted by molar-refractivity contribution is 7.09. The molecule has 0 bridgehead atoms. The third kappa shape index (κ3) is 3.29. The highest BCUT2D eigenvalue weighted by Gasteiger charge is 2.10. The Hall–Kier alpha value is -1.88. The predicted octanol–water partition coefficient (Wildman–Crippen LogP) is 2.81. The van der Waals surface area contributed by atoms with Crippen LogP contribution in [0.25, 0.3) is 0 Å². The van der Waals surface area contributed by atoms with Crippen LogP contribution in [0.5, 0.6) is 0 Å². The second-order valence-corrected chi connectivity index (χ2v) is 4.56. The van der Waals surface area contributed by atoms with E-state index in [4.69, 9.17) is 0 Å². The molecule has 0 fully saturated rings. The van der Waals surface area contributed by atoms with Crippen LogP contribution in [0, 0.1) is 0 Å². The Bertz CT molecular complexity index is 470. The highest BCUT2D eigenvalue weighted by Crippen LogP contribution is 2.09. The molecule has 0 aliphatic rings. The van der Waals surface area contributed by atoms with Crippen LogP contribution < -0.4 is 5.32 Å². The minimum atomic E-state index is -0.133. The maximum atomic E-state index is 11.8. The van der Waals surface area contributed by atoms with E-state index in [0.717, 1.165) is 10.7 Å². The maximum absolute atomic E-state index is 11.8. The summed E-state index contributed by atoms with van der Waals surface area (Å²) in [5.74, 6) is 0. The molecule has 1 aromatic carbocycles. The topological polar surface area (TPSA) is 45.2 Å². The molecule has 0 spiro atoms. The lowest BCUT2D eigenvalue weighted by Gasteiger charge is -2.16. The van der Waals surface area contributed by atoms with Crippen LogP contribution >= 0.6 is 11.3 Å². The zero-order valence-corrected chi connectivity index (χ0v) is 10.3. The number of hydrogen-bond acceptors (Lipinski definition) is 3. The van der Waals surface area contributed by atoms with Gasteiger partial charge in [-0.25, -0.2) is 9.78 Å². The first-order chi connectivity index (χ1) is 8.25. The highest BCUT2D eigenvalue weighted by atomic mass is 32.1. The number of nitrogens with zero attached hydrogens (tertiary/aromatic N) is 2. The van der Waals surface area contributed by atoms with Crippen molar-refractivity contribution in [3.63, 3.8) is 0 Å². The quantitative estimate of drug-likeness (QED) is 0.906. The monoisotopic (exact) mass is 247 g/mol. The Labute approximate surface area is 104 Å². The van der Waals surface area contributed by atoms with Crippen molar-refractivity contribution in [3.8, 4) is 0 Å². The molecule has 0 saturated carbocycles. The van der Waals surface area contributed by atoms with E-state index < -0.39 is 0 Å². The lowest BCUT2D eigenvalue weighted by atomic mass is 10.3. The van der Waals surface area contributed by atoms with Gasteiger partial charge >= 0.3 is 6.03 Å². The Morgan fingerprint density at radius 2 is 2.18 bits per heavy atom. The van der Waals surface area contributed by atoms with E-state index in [2.05, 4.69) is 10.3 Å². The molecule has 88 valence electrons. The molecule has 0 saturated heterocycles. The van der Waals surface area contributed by atoms with Crippen molar-refractivity contribution in [2.75, 3.05) is 12.4 Å². The van der Waals surface area contributed by atoms with Crippen molar-refractivity contribution in [1.29, 1.82) is 0 Å². The van der Waals surface area contributed by atoms with Gasteiger partial charge < -0.3 is 10.2 Å². The first-order valence-corrected chi connectivity index (χ1v) is 6.09. The van der Waals surface area contributed by atoms with Gasteiger partial charge in [0.15, 0.2) is 0 Å². The molecule has 4 nitrogen and oxygen atoms in total. The lowest BCUT2D eigenvalue weighted by Crippen LogP contribution is -2.30. The fraction of sp³-hybridized carbons (Fsp3) is 0.167. The van der Waals surface area contributed by atoms with Gasteiger partial charge in [0.25, 0.3) is 0 Å². The van der Waals surface area contributed by atoms with E-state index in [-0.39, 0.29) is 6.03 Å². The van der Waals surface area contributed by atoms with Crippen LogP contribution in [0.15, 0.2) is 41.9 Å². The third-order valence-corrected chi connectivity index (χ3v) is 2.99. The van der Waals surface area contributed by atoms with E-state index in [1.165, 1.54) is 0 Å². The van der Waals surface area contributed by atoms with Gasteiger partial charge in [-0.3, -0.25) is 0 Å². The number of nitrogens with one attached hydrogen (secondary N) is 1. The number of para-hydroxylation sites is 1. The molecular formula is C12H13N3OS. The number of carbonyl (C=O) groups excluding carboxylic acids is 1. The summed E-state index contributed by atoms with van der Waals surface area (Å²) in [6.07, 6.45) is 1.74. The van der Waals surface area contributed by atoms with Gasteiger partial charge in [0.2, 0.25) is 0 Å². The second-order valence-electron chi connectivity index (χ2n) is 3.58. The normalized spacial score (nSPS) is 9.94. The van der Waals surface area contributed by atoms with E-state index in [1.807, 2.05) is 35.7 Å². The first-order valence-electron chi connectivity index (χ1n) is 5.21. The SMILES string of the molecule is CN(Cc1nccs1)C(=O)Nc1ccccc1. The van der Waals surface area contributed by atoms with Crippen molar-refractivity contribution in [3.05, 3.63) is 46.9 Å². The fourth-order valence-corrected chi connectivity index (χ4v) is 2.01. The average Bonchev–Trinajstić information content (AvgIpc) is 2.83. The Balaban J connectivity index is 1.92. The number of amides is 2. The van der Waals surface area contributed by atoms with E-state index in [1.54, 1.807) is 29.5 Å². The summed E-state index contributed by atoms with van der Waals surface area (Å²) in [5, 5.41) is 5.65. The Morgan fingerprint density at radius 1 is 1.41 bits per heavy atom. The molecule has 0 unspecified atom stereocenters. The van der Waals surface area contributed by atoms with Gasteiger partial charge in [0.05, 0.1) is 6.54 Å². The molecule has 2 aromatic rings. The van der Waals surface area contributed by atoms with Crippen LogP contribution in [0.3, 0.4) is 0 Å². The molecule has 0 aliphatic carbocycles. The minimum Gasteiger partial charge on any atom is -0.321 e. The van der Waals surface area contributed by atoms with Gasteiger partial charge in [0.1, 0.15) is 5.01 Å². The Morgan fingerprint density at radius 3 is 2.82 bits per heavy atom. The summed E-state index contributed by atoms with van der Waals surface area (Å²) in [4.78, 5) is 17.6. The van der Waals surface area contributed by atoms with E-state index >= 15 is 0 Å². The number of carbonyl (C=O) groups is 1. The van der Waals surface area contributed by atoms with Crippen LogP contribution in [0.4, 0.5) is 10.5 Å². The lowest BCUT2D eigenvalue weighted by molar-refractivity contribution is 0.220. The smallest absolute Gasteiger partial charge is 0.321 e. The average molecular weight is 247 g/mol. The number of benzene rings is 1. The third-order valence-electron chi connectivity index (χ3n) is 2.23. The van der Waals surface area contributed by atoms with Crippen molar-refractivity contribution in [2.24, 2.45) is 0 Å². The molecule has 2 rings (SSSR count). The summed E-state index contributed by atoms with van der Waals surface area (Å²) < 4.78 is 0. The molecular weight excluding hydrogens is 234 g/mol. The molecule has 0 atom stereocenters. The van der Waals surface area contributed by atoms with Crippen molar-refractivity contribution >= 4 is 23.1 Å². The predicted molar refractivity (Wildman–Crippen MR) is 69.0 cm³/mol. The molecule has 17 heavy (non-hydrogen) atoms. The van der Waals surface area contributed by atoms with Gasteiger partial charge in [-0.15, -0.1) is 11.3 Å². The van der Waals surface area contributed by atoms with E-state index in [0.29, 0.717) is 6.54 Å². The molecule has 0 aliphatic heterocycles. The van der Waals surface area contributed by atoms with Crippen molar-refractivity contribution in [1.82, 2.24) is 9.88 Å². The zero-order chi connectivity index (χ0) is 12.1. The summed E-state index contributed by atoms with van der Waals surface area (Å²) in [6, 6.07) is 9.26. The number of hydrogen-bond donors (Lipinski definition) is 1. The van der Waals surface area contributed by atoms with Gasteiger partial charge in [-0.05, 0) is 12.1 Å².